The number of anilines is 1. The van der Waals surface area contributed by atoms with Gasteiger partial charge in [0.25, 0.3) is 0 Å². The third-order valence-corrected chi connectivity index (χ3v) is 3.88. The van der Waals surface area contributed by atoms with E-state index in [9.17, 15) is 0 Å². The highest BCUT2D eigenvalue weighted by Gasteiger charge is 2.33. The van der Waals surface area contributed by atoms with Crippen LogP contribution in [-0.2, 0) is 0 Å². The predicted molar refractivity (Wildman–Crippen MR) is 72.8 cm³/mol. The molecular formula is C13H19BrN2. The first-order valence-corrected chi connectivity index (χ1v) is 6.57. The van der Waals surface area contributed by atoms with E-state index in [-0.39, 0.29) is 5.54 Å². The number of benzene rings is 1. The zero-order valence-corrected chi connectivity index (χ0v) is 11.5. The predicted octanol–water partition coefficient (Wildman–Crippen LogP) is 3.16. The van der Waals surface area contributed by atoms with Gasteiger partial charge in [-0.1, -0.05) is 15.9 Å². The first kappa shape index (κ1) is 11.9. The lowest BCUT2D eigenvalue weighted by molar-refractivity contribution is 0.327. The van der Waals surface area contributed by atoms with Crippen LogP contribution < -0.4 is 10.6 Å². The molecule has 2 nitrogen and oxygen atoms in total. The van der Waals surface area contributed by atoms with Crippen molar-refractivity contribution in [3.05, 3.63) is 28.7 Å². The molecule has 0 radical (unpaired) electrons. The molecule has 1 aliphatic heterocycles. The average Bonchev–Trinajstić information content (AvgIpc) is 2.18. The summed E-state index contributed by atoms with van der Waals surface area (Å²) in [6.45, 7) is 5.60. The third-order valence-electron chi connectivity index (χ3n) is 3.35. The summed E-state index contributed by atoms with van der Waals surface area (Å²) < 4.78 is 1.13. The van der Waals surface area contributed by atoms with Crippen molar-refractivity contribution < 1.29 is 0 Å². The standard InChI is InChI=1S/C13H19BrN2/c1-13(2)9-11(15)7-8-16(13)12-5-3-10(14)4-6-12/h3-6,11H,7-9,15H2,1-2H3. The van der Waals surface area contributed by atoms with E-state index in [1.165, 1.54) is 5.69 Å². The van der Waals surface area contributed by atoms with Gasteiger partial charge in [0.15, 0.2) is 0 Å². The van der Waals surface area contributed by atoms with Crippen molar-refractivity contribution >= 4 is 21.6 Å². The van der Waals surface area contributed by atoms with Gasteiger partial charge in [-0.2, -0.15) is 0 Å². The SMILES string of the molecule is CC1(C)CC(N)CCN1c1ccc(Br)cc1. The van der Waals surface area contributed by atoms with Crippen LogP contribution in [0.1, 0.15) is 26.7 Å². The highest BCUT2D eigenvalue weighted by molar-refractivity contribution is 9.10. The summed E-state index contributed by atoms with van der Waals surface area (Å²) in [5.74, 6) is 0. The van der Waals surface area contributed by atoms with E-state index in [2.05, 4.69) is 58.9 Å². The number of nitrogens with two attached hydrogens (primary N) is 1. The minimum atomic E-state index is 0.158. The Morgan fingerprint density at radius 3 is 2.50 bits per heavy atom. The Morgan fingerprint density at radius 1 is 1.31 bits per heavy atom. The lowest BCUT2D eigenvalue weighted by atomic mass is 9.87. The van der Waals surface area contributed by atoms with E-state index in [4.69, 9.17) is 5.73 Å². The van der Waals surface area contributed by atoms with Crippen molar-refractivity contribution in [1.29, 1.82) is 0 Å². The minimum absolute atomic E-state index is 0.158. The summed E-state index contributed by atoms with van der Waals surface area (Å²) in [6, 6.07) is 8.88. The van der Waals surface area contributed by atoms with E-state index in [1.54, 1.807) is 0 Å². The minimum Gasteiger partial charge on any atom is -0.366 e. The van der Waals surface area contributed by atoms with Gasteiger partial charge in [0.2, 0.25) is 0 Å². The van der Waals surface area contributed by atoms with Gasteiger partial charge in [0.05, 0.1) is 0 Å². The van der Waals surface area contributed by atoms with Crippen LogP contribution in [0.15, 0.2) is 28.7 Å². The molecule has 1 atom stereocenters. The van der Waals surface area contributed by atoms with Crippen LogP contribution >= 0.6 is 15.9 Å². The molecule has 1 unspecified atom stereocenters. The summed E-state index contributed by atoms with van der Waals surface area (Å²) in [6.07, 6.45) is 2.14. The van der Waals surface area contributed by atoms with Gasteiger partial charge in [-0.3, -0.25) is 0 Å². The van der Waals surface area contributed by atoms with Crippen molar-refractivity contribution in [2.24, 2.45) is 5.73 Å². The van der Waals surface area contributed by atoms with E-state index in [0.29, 0.717) is 6.04 Å². The summed E-state index contributed by atoms with van der Waals surface area (Å²) in [5, 5.41) is 0. The average molecular weight is 283 g/mol. The van der Waals surface area contributed by atoms with Gasteiger partial charge in [0.1, 0.15) is 0 Å². The fourth-order valence-electron chi connectivity index (χ4n) is 2.55. The molecule has 0 amide bonds. The van der Waals surface area contributed by atoms with Crippen molar-refractivity contribution in [3.8, 4) is 0 Å². The second-order valence-electron chi connectivity index (χ2n) is 5.19. The smallest absolute Gasteiger partial charge is 0.0371 e. The number of piperidine rings is 1. The van der Waals surface area contributed by atoms with Crippen molar-refractivity contribution in [1.82, 2.24) is 0 Å². The van der Waals surface area contributed by atoms with Gasteiger partial charge in [-0.05, 0) is 51.0 Å². The summed E-state index contributed by atoms with van der Waals surface area (Å²) in [4.78, 5) is 2.46. The van der Waals surface area contributed by atoms with Gasteiger partial charge in [0, 0.05) is 28.3 Å². The lowest BCUT2D eigenvalue weighted by Gasteiger charge is -2.46. The van der Waals surface area contributed by atoms with Gasteiger partial charge >= 0.3 is 0 Å². The number of hydrogen-bond donors (Lipinski definition) is 1. The maximum absolute atomic E-state index is 6.04. The summed E-state index contributed by atoms with van der Waals surface area (Å²) >= 11 is 3.47. The molecule has 2 N–H and O–H groups in total. The maximum atomic E-state index is 6.04. The molecule has 1 heterocycles. The zero-order valence-electron chi connectivity index (χ0n) is 9.91. The molecule has 1 fully saturated rings. The monoisotopic (exact) mass is 282 g/mol. The molecule has 1 aromatic carbocycles. The summed E-state index contributed by atoms with van der Waals surface area (Å²) in [7, 11) is 0. The first-order valence-electron chi connectivity index (χ1n) is 5.78. The third kappa shape index (κ3) is 2.41. The maximum Gasteiger partial charge on any atom is 0.0371 e. The topological polar surface area (TPSA) is 29.3 Å². The van der Waals surface area contributed by atoms with Crippen LogP contribution in [0, 0.1) is 0 Å². The molecule has 1 aromatic rings. The van der Waals surface area contributed by atoms with Crippen LogP contribution in [0.25, 0.3) is 0 Å². The van der Waals surface area contributed by atoms with E-state index >= 15 is 0 Å². The molecule has 0 aliphatic carbocycles. The molecule has 1 saturated heterocycles. The van der Waals surface area contributed by atoms with Gasteiger partial charge in [-0.25, -0.2) is 0 Å². The van der Waals surface area contributed by atoms with Crippen LogP contribution in [0.3, 0.4) is 0 Å². The Labute approximate surface area is 106 Å². The molecule has 0 spiro atoms. The Balaban J connectivity index is 2.23. The van der Waals surface area contributed by atoms with Gasteiger partial charge < -0.3 is 10.6 Å². The Bertz CT molecular complexity index is 359. The lowest BCUT2D eigenvalue weighted by Crippen LogP contribution is -2.53. The van der Waals surface area contributed by atoms with Gasteiger partial charge in [-0.15, -0.1) is 0 Å². The van der Waals surface area contributed by atoms with Crippen LogP contribution in [0.4, 0.5) is 5.69 Å². The van der Waals surface area contributed by atoms with Crippen molar-refractivity contribution in [2.75, 3.05) is 11.4 Å². The second-order valence-corrected chi connectivity index (χ2v) is 6.11. The Morgan fingerprint density at radius 2 is 1.94 bits per heavy atom. The molecule has 0 aromatic heterocycles. The number of halogens is 1. The molecule has 3 heteroatoms. The van der Waals surface area contributed by atoms with E-state index in [1.807, 2.05) is 0 Å². The largest absolute Gasteiger partial charge is 0.366 e. The van der Waals surface area contributed by atoms with Crippen LogP contribution in [0.2, 0.25) is 0 Å². The van der Waals surface area contributed by atoms with Crippen LogP contribution in [-0.4, -0.2) is 18.1 Å². The van der Waals surface area contributed by atoms with E-state index in [0.717, 1.165) is 23.9 Å². The highest BCUT2D eigenvalue weighted by atomic mass is 79.9. The normalized spacial score (nSPS) is 24.5. The second kappa shape index (κ2) is 4.38. The number of hydrogen-bond acceptors (Lipinski definition) is 2. The number of nitrogens with zero attached hydrogens (tertiary/aromatic N) is 1. The molecule has 16 heavy (non-hydrogen) atoms. The highest BCUT2D eigenvalue weighted by Crippen LogP contribution is 2.32. The molecule has 2 rings (SSSR count). The van der Waals surface area contributed by atoms with E-state index < -0.39 is 0 Å². The summed E-state index contributed by atoms with van der Waals surface area (Å²) in [5.41, 5.74) is 7.49. The Hall–Kier alpha value is -0.540. The van der Waals surface area contributed by atoms with Crippen molar-refractivity contribution in [2.45, 2.75) is 38.3 Å². The fourth-order valence-corrected chi connectivity index (χ4v) is 2.82. The molecule has 0 saturated carbocycles. The molecule has 1 aliphatic rings. The van der Waals surface area contributed by atoms with Crippen LogP contribution in [0.5, 0.6) is 0 Å². The molecule has 0 bridgehead atoms. The first-order chi connectivity index (χ1) is 7.49. The molecule has 88 valence electrons. The fraction of sp³-hybridized carbons (Fsp3) is 0.538. The van der Waals surface area contributed by atoms with Crippen molar-refractivity contribution in [3.63, 3.8) is 0 Å². The number of rotatable bonds is 1. The molecular weight excluding hydrogens is 264 g/mol. The Kier molecular flexibility index (Phi) is 3.27. The zero-order chi connectivity index (χ0) is 11.8. The quantitative estimate of drug-likeness (QED) is 0.858.